The fraction of sp³-hybridized carbons (Fsp3) is 0.300. The van der Waals surface area contributed by atoms with Crippen LogP contribution in [0.4, 0.5) is 14.5 Å². The number of halogens is 2. The number of nitrogens with zero attached hydrogens (tertiary/aromatic N) is 5. The lowest BCUT2D eigenvalue weighted by Gasteiger charge is -2.38. The Morgan fingerprint density at radius 3 is 2.75 bits per heavy atom. The normalized spacial score (nSPS) is 19.9. The predicted octanol–water partition coefficient (Wildman–Crippen LogP) is 3.59. The van der Waals surface area contributed by atoms with Gasteiger partial charge in [-0.05, 0) is 19.7 Å². The van der Waals surface area contributed by atoms with E-state index in [0.29, 0.717) is 31.0 Å². The van der Waals surface area contributed by atoms with Crippen LogP contribution in [0.25, 0.3) is 0 Å². The van der Waals surface area contributed by atoms with E-state index in [1.165, 1.54) is 19.2 Å². The number of methoxy groups -OCH3 is 1. The van der Waals surface area contributed by atoms with Crippen molar-refractivity contribution >= 4 is 18.1 Å². The van der Waals surface area contributed by atoms with Crippen LogP contribution in [0.1, 0.15) is 19.2 Å². The van der Waals surface area contributed by atoms with Gasteiger partial charge in [-0.25, -0.2) is 14.4 Å². The first-order valence-electron chi connectivity index (χ1n) is 8.80. The highest BCUT2D eigenvalue weighted by Crippen LogP contribution is 2.32. The molecule has 8 heteroatoms. The van der Waals surface area contributed by atoms with E-state index in [2.05, 4.69) is 26.7 Å². The molecule has 0 spiro atoms. The van der Waals surface area contributed by atoms with Crippen LogP contribution in [0.3, 0.4) is 0 Å². The molecule has 0 saturated carbocycles. The summed E-state index contributed by atoms with van der Waals surface area (Å²) in [5.41, 5.74) is 2.27. The van der Waals surface area contributed by atoms with Crippen molar-refractivity contribution in [3.05, 3.63) is 59.8 Å². The molecule has 1 saturated heterocycles. The van der Waals surface area contributed by atoms with Crippen LogP contribution in [0.2, 0.25) is 0 Å². The Hall–Kier alpha value is -3.16. The third-order valence-corrected chi connectivity index (χ3v) is 4.63. The van der Waals surface area contributed by atoms with E-state index in [1.54, 1.807) is 24.7 Å². The van der Waals surface area contributed by atoms with Crippen LogP contribution >= 0.6 is 0 Å². The Morgan fingerprint density at radius 1 is 1.32 bits per heavy atom. The molecule has 0 bridgehead atoms. The molecule has 28 heavy (non-hydrogen) atoms. The Labute approximate surface area is 162 Å². The molecule has 1 fully saturated rings. The SMILES string of the molecule is C=NC=C1C(=NCc2ncccn2)CCN(c2cc(F)c(F)c(OC)c2)C1C. The summed E-state index contributed by atoms with van der Waals surface area (Å²) in [6.07, 6.45) is 5.61. The van der Waals surface area contributed by atoms with Crippen molar-refractivity contribution < 1.29 is 13.5 Å². The van der Waals surface area contributed by atoms with Crippen LogP contribution in [0, 0.1) is 11.6 Å². The van der Waals surface area contributed by atoms with Gasteiger partial charge in [0, 0.05) is 60.7 Å². The summed E-state index contributed by atoms with van der Waals surface area (Å²) >= 11 is 0. The van der Waals surface area contributed by atoms with E-state index >= 15 is 0 Å². The topological polar surface area (TPSA) is 63.0 Å². The molecule has 1 aliphatic rings. The Kier molecular flexibility index (Phi) is 6.08. The van der Waals surface area contributed by atoms with Crippen LogP contribution in [-0.4, -0.2) is 42.1 Å². The van der Waals surface area contributed by atoms with E-state index in [-0.39, 0.29) is 11.8 Å². The molecule has 3 rings (SSSR count). The zero-order valence-electron chi connectivity index (χ0n) is 15.8. The maximum atomic E-state index is 14.0. The highest BCUT2D eigenvalue weighted by Gasteiger charge is 2.29. The van der Waals surface area contributed by atoms with Gasteiger partial charge >= 0.3 is 0 Å². The van der Waals surface area contributed by atoms with Crippen molar-refractivity contribution in [1.82, 2.24) is 9.97 Å². The highest BCUT2D eigenvalue weighted by molar-refractivity contribution is 6.03. The van der Waals surface area contributed by atoms with Gasteiger partial charge in [0.25, 0.3) is 0 Å². The van der Waals surface area contributed by atoms with Gasteiger partial charge in [0.1, 0.15) is 5.82 Å². The second-order valence-corrected chi connectivity index (χ2v) is 6.26. The van der Waals surface area contributed by atoms with Gasteiger partial charge < -0.3 is 9.64 Å². The van der Waals surface area contributed by atoms with E-state index in [0.717, 1.165) is 11.3 Å². The largest absolute Gasteiger partial charge is 0.493 e. The summed E-state index contributed by atoms with van der Waals surface area (Å²) < 4.78 is 32.7. The smallest absolute Gasteiger partial charge is 0.200 e. The minimum atomic E-state index is -0.996. The van der Waals surface area contributed by atoms with Gasteiger partial charge in [0.2, 0.25) is 5.82 Å². The number of aliphatic imine (C=N–C) groups is 2. The number of rotatable bonds is 5. The molecule has 1 aromatic carbocycles. The zero-order chi connectivity index (χ0) is 20.1. The predicted molar refractivity (Wildman–Crippen MR) is 105 cm³/mol. The van der Waals surface area contributed by atoms with E-state index < -0.39 is 11.6 Å². The average Bonchev–Trinajstić information content (AvgIpc) is 2.71. The van der Waals surface area contributed by atoms with Crippen molar-refractivity contribution in [2.45, 2.75) is 25.9 Å². The van der Waals surface area contributed by atoms with Crippen molar-refractivity contribution in [2.75, 3.05) is 18.6 Å². The maximum Gasteiger partial charge on any atom is 0.200 e. The van der Waals surface area contributed by atoms with Gasteiger partial charge in [0.15, 0.2) is 11.6 Å². The maximum absolute atomic E-state index is 14.0. The molecule has 0 N–H and O–H groups in total. The van der Waals surface area contributed by atoms with Gasteiger partial charge in [0.05, 0.1) is 19.7 Å². The van der Waals surface area contributed by atoms with Crippen LogP contribution in [-0.2, 0) is 6.54 Å². The number of ether oxygens (including phenoxy) is 1. The molecule has 1 aliphatic heterocycles. The number of aromatic nitrogens is 2. The van der Waals surface area contributed by atoms with Crippen molar-refractivity contribution in [3.8, 4) is 5.75 Å². The van der Waals surface area contributed by atoms with Gasteiger partial charge in [-0.3, -0.25) is 9.98 Å². The van der Waals surface area contributed by atoms with Gasteiger partial charge in [-0.1, -0.05) is 0 Å². The van der Waals surface area contributed by atoms with Crippen LogP contribution in [0.15, 0.2) is 52.4 Å². The second kappa shape index (κ2) is 8.69. The summed E-state index contributed by atoms with van der Waals surface area (Å²) in [6.45, 7) is 6.43. The lowest BCUT2D eigenvalue weighted by molar-refractivity contribution is 0.371. The number of anilines is 1. The molecule has 1 atom stereocenters. The van der Waals surface area contributed by atoms with E-state index in [4.69, 9.17) is 4.74 Å². The average molecular weight is 385 g/mol. The number of hydrogen-bond donors (Lipinski definition) is 0. The first-order valence-corrected chi connectivity index (χ1v) is 8.80. The Morgan fingerprint density at radius 2 is 2.07 bits per heavy atom. The van der Waals surface area contributed by atoms with E-state index in [9.17, 15) is 8.78 Å². The number of piperidine rings is 1. The van der Waals surface area contributed by atoms with E-state index in [1.807, 2.05) is 11.8 Å². The van der Waals surface area contributed by atoms with Crippen molar-refractivity contribution in [1.29, 1.82) is 0 Å². The quantitative estimate of drug-likeness (QED) is 0.738. The summed E-state index contributed by atoms with van der Waals surface area (Å²) in [5.74, 6) is -1.45. The van der Waals surface area contributed by atoms with Crippen molar-refractivity contribution in [3.63, 3.8) is 0 Å². The summed E-state index contributed by atoms with van der Waals surface area (Å²) in [5, 5.41) is 0. The zero-order valence-corrected chi connectivity index (χ0v) is 15.8. The van der Waals surface area contributed by atoms with Crippen molar-refractivity contribution in [2.24, 2.45) is 9.98 Å². The number of benzene rings is 1. The monoisotopic (exact) mass is 385 g/mol. The minimum Gasteiger partial charge on any atom is -0.493 e. The molecular weight excluding hydrogens is 364 g/mol. The molecule has 146 valence electrons. The summed E-state index contributed by atoms with van der Waals surface area (Å²) in [6, 6.07) is 4.26. The highest BCUT2D eigenvalue weighted by atomic mass is 19.2. The molecule has 1 unspecified atom stereocenters. The first-order chi connectivity index (χ1) is 13.5. The minimum absolute atomic E-state index is 0.129. The number of hydrogen-bond acceptors (Lipinski definition) is 6. The summed E-state index contributed by atoms with van der Waals surface area (Å²) in [4.78, 5) is 18.9. The standard InChI is InChI=1S/C20H21F2N5O/c1-13-15(11-23-2)17(26-12-19-24-6-4-7-25-19)5-8-27(13)14-9-16(21)20(22)18(10-14)28-3/h4,6-7,9-11,13H,2,5,8,12H2,1,3H3. The van der Waals surface area contributed by atoms with Crippen LogP contribution < -0.4 is 9.64 Å². The van der Waals surface area contributed by atoms with Crippen LogP contribution in [0.5, 0.6) is 5.75 Å². The second-order valence-electron chi connectivity index (χ2n) is 6.26. The van der Waals surface area contributed by atoms with Gasteiger partial charge in [-0.2, -0.15) is 4.39 Å². The fourth-order valence-electron chi connectivity index (χ4n) is 3.22. The third kappa shape index (κ3) is 4.05. The van der Waals surface area contributed by atoms with Gasteiger partial charge in [-0.15, -0.1) is 0 Å². The Bertz CT molecular complexity index is 914. The molecule has 2 aromatic rings. The lowest BCUT2D eigenvalue weighted by Crippen LogP contribution is -2.43. The molecule has 6 nitrogen and oxygen atoms in total. The first kappa shape index (κ1) is 19.6. The third-order valence-electron chi connectivity index (χ3n) is 4.63. The molecular formula is C20H21F2N5O. The molecule has 0 aliphatic carbocycles. The Balaban J connectivity index is 1.89. The summed E-state index contributed by atoms with van der Waals surface area (Å²) in [7, 11) is 1.31. The fourth-order valence-corrected chi connectivity index (χ4v) is 3.22. The lowest BCUT2D eigenvalue weighted by atomic mass is 9.94. The molecule has 0 amide bonds. The molecule has 0 radical (unpaired) electrons. The molecule has 2 heterocycles. The molecule has 1 aromatic heterocycles.